The van der Waals surface area contributed by atoms with Crippen molar-refractivity contribution in [1.29, 1.82) is 0 Å². The van der Waals surface area contributed by atoms with Crippen LogP contribution in [0.3, 0.4) is 0 Å². The van der Waals surface area contributed by atoms with Gasteiger partial charge in [0.2, 0.25) is 5.91 Å². The van der Waals surface area contributed by atoms with E-state index in [2.05, 4.69) is 12.2 Å². The van der Waals surface area contributed by atoms with Crippen molar-refractivity contribution in [2.75, 3.05) is 32.8 Å². The lowest BCUT2D eigenvalue weighted by Gasteiger charge is -2.25. The third-order valence-electron chi connectivity index (χ3n) is 9.70. The third kappa shape index (κ3) is 25.0. The average molecular weight is 800 g/mol. The fraction of sp³-hybridized carbons (Fsp3) is 0.833. The van der Waals surface area contributed by atoms with Crippen molar-refractivity contribution in [3.8, 4) is 0 Å². The maximum atomic E-state index is 13.5. The molecule has 55 heavy (non-hydrogen) atoms. The largest absolute Gasteiger partial charge is 0.469 e. The van der Waals surface area contributed by atoms with Gasteiger partial charge >= 0.3 is 23.9 Å². The normalized spacial score (nSPS) is 14.1. The molecule has 0 spiro atoms. The van der Waals surface area contributed by atoms with Crippen LogP contribution in [0, 0.1) is 23.7 Å². The summed E-state index contributed by atoms with van der Waals surface area (Å²) in [6.45, 7) is 11.2. The van der Waals surface area contributed by atoms with Gasteiger partial charge < -0.3 is 24.3 Å². The maximum Gasteiger partial charge on any atom is 0.328 e. The van der Waals surface area contributed by atoms with Crippen LogP contribution in [0.5, 0.6) is 0 Å². The molecule has 0 aliphatic rings. The molecule has 0 rings (SSSR count). The van der Waals surface area contributed by atoms with Gasteiger partial charge in [-0.3, -0.25) is 28.8 Å². The number of methoxy groups -OCH3 is 3. The lowest BCUT2D eigenvalue weighted by molar-refractivity contribution is -0.160. The molecule has 13 heteroatoms. The Balaban J connectivity index is 5.19. The Labute approximate surface area is 335 Å². The minimum absolute atomic E-state index is 0.0237. The van der Waals surface area contributed by atoms with Gasteiger partial charge in [-0.05, 0) is 39.5 Å². The van der Waals surface area contributed by atoms with Crippen LogP contribution in [0.15, 0.2) is 0 Å². The van der Waals surface area contributed by atoms with Crippen molar-refractivity contribution in [1.82, 2.24) is 5.32 Å². The first kappa shape index (κ1) is 52.0. The van der Waals surface area contributed by atoms with Gasteiger partial charge in [-0.25, -0.2) is 4.79 Å². The molecule has 0 aromatic rings. The topological polar surface area (TPSA) is 168 Å². The zero-order valence-corrected chi connectivity index (χ0v) is 36.2. The zero-order valence-electron chi connectivity index (χ0n) is 35.4. The van der Waals surface area contributed by atoms with Gasteiger partial charge in [0.15, 0.2) is 0 Å². The molecule has 5 atom stereocenters. The second-order valence-electron chi connectivity index (χ2n) is 15.7. The monoisotopic (exact) mass is 799 g/mol. The van der Waals surface area contributed by atoms with Gasteiger partial charge in [0, 0.05) is 43.1 Å². The Kier molecular flexibility index (Phi) is 28.6. The number of carbonyl (C=O) groups excluding carboxylic acids is 7. The zero-order chi connectivity index (χ0) is 41.8. The van der Waals surface area contributed by atoms with E-state index in [1.807, 2.05) is 13.8 Å². The van der Waals surface area contributed by atoms with Crippen molar-refractivity contribution < 1.29 is 52.5 Å². The van der Waals surface area contributed by atoms with E-state index in [0.717, 1.165) is 19.3 Å². The van der Waals surface area contributed by atoms with Crippen molar-refractivity contribution in [3.05, 3.63) is 0 Å². The molecule has 0 aliphatic heterocycles. The molecule has 0 heterocycles. The molecule has 0 saturated carbocycles. The molecule has 0 aromatic heterocycles. The molecule has 0 aromatic carbocycles. The summed E-state index contributed by atoms with van der Waals surface area (Å²) in [6.07, 6.45) is 13.6. The minimum Gasteiger partial charge on any atom is -0.469 e. The van der Waals surface area contributed by atoms with E-state index in [0.29, 0.717) is 12.8 Å². The summed E-state index contributed by atoms with van der Waals surface area (Å²) in [6, 6.07) is -1.12. The molecule has 1 amide bonds. The van der Waals surface area contributed by atoms with Gasteiger partial charge in [-0.1, -0.05) is 91.4 Å². The minimum atomic E-state index is -1.12. The molecule has 0 bridgehead atoms. The van der Waals surface area contributed by atoms with Crippen LogP contribution in [0.1, 0.15) is 157 Å². The molecule has 12 nitrogen and oxygen atoms in total. The molecule has 1 N–H and O–H groups in total. The molecule has 0 saturated heterocycles. The van der Waals surface area contributed by atoms with E-state index in [1.165, 1.54) is 84.5 Å². The van der Waals surface area contributed by atoms with Crippen LogP contribution in [-0.2, 0) is 52.5 Å². The third-order valence-corrected chi connectivity index (χ3v) is 11.0. The average Bonchev–Trinajstić information content (AvgIpc) is 3.14. The second kappa shape index (κ2) is 30.2. The van der Waals surface area contributed by atoms with Gasteiger partial charge in [0.05, 0.1) is 39.6 Å². The van der Waals surface area contributed by atoms with Crippen LogP contribution in [-0.4, -0.2) is 85.8 Å². The number of esters is 4. The van der Waals surface area contributed by atoms with E-state index >= 15 is 0 Å². The lowest BCUT2D eigenvalue weighted by Crippen LogP contribution is -2.46. The number of amides is 1. The molecule has 0 radical (unpaired) electrons. The van der Waals surface area contributed by atoms with Crippen LogP contribution in [0.25, 0.3) is 0 Å². The van der Waals surface area contributed by atoms with Gasteiger partial charge in [-0.15, -0.1) is 0 Å². The molecule has 1 unspecified atom stereocenters. The van der Waals surface area contributed by atoms with Crippen LogP contribution < -0.4 is 5.32 Å². The van der Waals surface area contributed by atoms with Crippen LogP contribution in [0.2, 0.25) is 0 Å². The van der Waals surface area contributed by atoms with E-state index in [4.69, 9.17) is 18.9 Å². The highest BCUT2D eigenvalue weighted by Gasteiger charge is 2.32. The molecule has 0 fully saturated rings. The van der Waals surface area contributed by atoms with E-state index in [1.54, 1.807) is 20.8 Å². The fourth-order valence-electron chi connectivity index (χ4n) is 6.21. The number of carbonyl (C=O) groups is 7. The van der Waals surface area contributed by atoms with E-state index in [-0.39, 0.29) is 61.1 Å². The first-order valence-corrected chi connectivity index (χ1v) is 21.6. The number of unbranched alkanes of at least 4 members (excludes halogenated alkanes) is 10. The highest BCUT2D eigenvalue weighted by atomic mass is 32.2. The van der Waals surface area contributed by atoms with Gasteiger partial charge in [-0.2, -0.15) is 11.8 Å². The number of ketones is 2. The Morgan fingerprint density at radius 3 is 1.56 bits per heavy atom. The number of hydrogen-bond donors (Lipinski definition) is 1. The van der Waals surface area contributed by atoms with Crippen molar-refractivity contribution in [2.24, 2.45) is 23.7 Å². The number of hydrogen-bond acceptors (Lipinski definition) is 12. The summed E-state index contributed by atoms with van der Waals surface area (Å²) in [7, 11) is 3.63. The van der Waals surface area contributed by atoms with Crippen molar-refractivity contribution in [3.63, 3.8) is 0 Å². The summed E-state index contributed by atoms with van der Waals surface area (Å²) < 4.78 is 20.0. The summed E-state index contributed by atoms with van der Waals surface area (Å²) >= 11 is 1.20. The standard InChI is InChI=1S/C42H73NO11S/c1-10-12-13-14-15-16-17-18-19-20-21-22-33(44)27-35(30(3)11-2)38(47)43-36(41(50)53-9)24-23-34(45)25-31(39(48)51-7)28-55-29-32(40(49)52-8)26-37(46)54-42(4,5)6/h30-32,35-36H,10-29H2,1-9H3,(H,43,47)/t30?,31-,32+,35+,36-/m1/s1. The summed E-state index contributed by atoms with van der Waals surface area (Å²) in [4.78, 5) is 89.7. The first-order chi connectivity index (χ1) is 26.0. The van der Waals surface area contributed by atoms with E-state index < -0.39 is 59.2 Å². The smallest absolute Gasteiger partial charge is 0.328 e. The number of ether oxygens (including phenoxy) is 4. The predicted octanol–water partition coefficient (Wildman–Crippen LogP) is 7.75. The van der Waals surface area contributed by atoms with E-state index in [9.17, 15) is 33.6 Å². The Hall–Kier alpha value is -2.96. The SMILES string of the molecule is CCCCCCCCCCCCCC(=O)C[C@H](C(=O)N[C@H](CCC(=O)C[C@H](CSC[C@H](CC(=O)OC(C)(C)C)C(=O)OC)C(=O)OC)C(=O)OC)C(C)CC. The summed E-state index contributed by atoms with van der Waals surface area (Å²) in [5, 5.41) is 2.74. The summed E-state index contributed by atoms with van der Waals surface area (Å²) in [5.74, 6) is -5.36. The number of nitrogens with one attached hydrogen (secondary N) is 1. The van der Waals surface area contributed by atoms with Crippen LogP contribution >= 0.6 is 11.8 Å². The van der Waals surface area contributed by atoms with Crippen LogP contribution in [0.4, 0.5) is 0 Å². The second-order valence-corrected chi connectivity index (χ2v) is 16.7. The lowest BCUT2D eigenvalue weighted by atomic mass is 9.85. The number of Topliss-reactive ketones (excluding diaryl/α,β-unsaturated/α-hetero) is 2. The fourth-order valence-corrected chi connectivity index (χ4v) is 7.43. The predicted molar refractivity (Wildman–Crippen MR) is 215 cm³/mol. The number of thioether (sulfide) groups is 1. The molecule has 0 aliphatic carbocycles. The van der Waals surface area contributed by atoms with Gasteiger partial charge in [0.1, 0.15) is 23.2 Å². The Bertz CT molecular complexity index is 1170. The highest BCUT2D eigenvalue weighted by Crippen LogP contribution is 2.24. The quantitative estimate of drug-likeness (QED) is 0.0400. The molecule has 318 valence electrons. The molecular formula is C42H73NO11S. The Morgan fingerprint density at radius 1 is 0.618 bits per heavy atom. The molecular weight excluding hydrogens is 727 g/mol. The van der Waals surface area contributed by atoms with Crippen molar-refractivity contribution >= 4 is 53.1 Å². The maximum absolute atomic E-state index is 13.5. The number of rotatable bonds is 32. The first-order valence-electron chi connectivity index (χ1n) is 20.4. The van der Waals surface area contributed by atoms with Gasteiger partial charge in [0.25, 0.3) is 0 Å². The van der Waals surface area contributed by atoms with Crippen molar-refractivity contribution in [2.45, 2.75) is 169 Å². The highest BCUT2D eigenvalue weighted by molar-refractivity contribution is 7.99. The Morgan fingerprint density at radius 2 is 1.09 bits per heavy atom. The summed E-state index contributed by atoms with van der Waals surface area (Å²) in [5.41, 5.74) is -0.725.